The maximum atomic E-state index is 12.8. The molecule has 0 atom stereocenters. The van der Waals surface area contributed by atoms with Crippen LogP contribution >= 0.6 is 0 Å². The molecule has 2 nitrogen and oxygen atoms in total. The highest BCUT2D eigenvalue weighted by molar-refractivity contribution is 5.66. The van der Waals surface area contributed by atoms with Gasteiger partial charge in [0.1, 0.15) is 0 Å². The maximum Gasteiger partial charge on any atom is 0.460 e. The number of aliphatic carboxylic acids is 1. The van der Waals surface area contributed by atoms with Crippen molar-refractivity contribution in [2.75, 3.05) is 0 Å². The Hall–Kier alpha value is -1.79. The molecule has 0 heterocycles. The molecule has 0 rings (SSSR count). The fourth-order valence-electron chi connectivity index (χ4n) is 3.79. The van der Waals surface area contributed by atoms with Gasteiger partial charge in [-0.3, -0.25) is 4.79 Å². The molecule has 0 aliphatic heterocycles. The Morgan fingerprint density at radius 1 is 0.370 bits per heavy atom. The average molecular weight is 723 g/mol. The molecule has 0 spiro atoms. The first-order chi connectivity index (χ1) is 20.5. The predicted molar refractivity (Wildman–Crippen MR) is 129 cm³/mol. The fourth-order valence-corrected chi connectivity index (χ4v) is 3.79. The molecule has 0 unspecified atom stereocenters. The first-order valence-corrected chi connectivity index (χ1v) is 14.1. The third-order valence-corrected chi connectivity index (χ3v) is 6.68. The normalized spacial score (nSPS) is 14.2. The lowest BCUT2D eigenvalue weighted by atomic mass is 9.91. The summed E-state index contributed by atoms with van der Waals surface area (Å²) >= 11 is 0. The molecular weight excluding hydrogens is 686 g/mol. The summed E-state index contributed by atoms with van der Waals surface area (Å²) < 4.78 is 221. The van der Waals surface area contributed by atoms with Crippen LogP contribution in [0.1, 0.15) is 110 Å². The zero-order valence-electron chi connectivity index (χ0n) is 24.5. The summed E-state index contributed by atoms with van der Waals surface area (Å²) in [5.41, 5.74) is 0. The summed E-state index contributed by atoms with van der Waals surface area (Å²) in [5.74, 6) is -51.7. The topological polar surface area (TPSA) is 37.3 Å². The molecule has 0 aromatic carbocycles. The van der Waals surface area contributed by atoms with E-state index in [0.29, 0.717) is 6.42 Å². The number of hydrogen-bond acceptors (Lipinski definition) is 1. The lowest BCUT2D eigenvalue weighted by Crippen LogP contribution is -2.74. The minimum Gasteiger partial charge on any atom is -0.481 e. The highest BCUT2D eigenvalue weighted by atomic mass is 19.4. The van der Waals surface area contributed by atoms with Gasteiger partial charge in [-0.25, -0.2) is 0 Å². The lowest BCUT2D eigenvalue weighted by Gasteiger charge is -2.41. The Labute approximate surface area is 253 Å². The molecule has 0 fully saturated rings. The van der Waals surface area contributed by atoms with Crippen LogP contribution < -0.4 is 0 Å². The van der Waals surface area contributed by atoms with Gasteiger partial charge >= 0.3 is 53.9 Å². The second-order valence-electron chi connectivity index (χ2n) is 10.5. The first kappa shape index (κ1) is 46.3. The van der Waals surface area contributed by atoms with Crippen molar-refractivity contribution in [3.05, 3.63) is 0 Å². The van der Waals surface area contributed by atoms with E-state index in [1.165, 1.54) is 83.5 Å². The molecule has 0 saturated heterocycles. The number of alkyl halides is 18. The van der Waals surface area contributed by atoms with Crippen LogP contribution in [0, 0.1) is 0 Å². The summed E-state index contributed by atoms with van der Waals surface area (Å²) in [6.07, 6.45) is 4.58. The quantitative estimate of drug-likeness (QED) is 0.0946. The van der Waals surface area contributed by atoms with Gasteiger partial charge in [-0.1, -0.05) is 96.8 Å². The first-order valence-electron chi connectivity index (χ1n) is 14.1. The number of carboxylic acid groups (broad SMARTS) is 1. The molecule has 0 bridgehead atoms. The molecule has 0 amide bonds. The second kappa shape index (κ2) is 18.1. The molecule has 0 saturated carbocycles. The second-order valence-corrected chi connectivity index (χ2v) is 10.5. The van der Waals surface area contributed by atoms with Crippen molar-refractivity contribution < 1.29 is 88.9 Å². The van der Waals surface area contributed by atoms with E-state index in [2.05, 4.69) is 6.92 Å². The van der Waals surface area contributed by atoms with Gasteiger partial charge in [0, 0.05) is 6.42 Å². The van der Waals surface area contributed by atoms with Crippen LogP contribution in [-0.2, 0) is 4.79 Å². The van der Waals surface area contributed by atoms with E-state index < -0.39 is 53.9 Å². The van der Waals surface area contributed by atoms with Gasteiger partial charge in [0.2, 0.25) is 0 Å². The van der Waals surface area contributed by atoms with E-state index in [0.717, 1.165) is 12.8 Å². The van der Waals surface area contributed by atoms with Crippen molar-refractivity contribution in [1.82, 2.24) is 0 Å². The zero-order chi connectivity index (χ0) is 36.9. The van der Waals surface area contributed by atoms with Gasteiger partial charge in [0.15, 0.2) is 0 Å². The van der Waals surface area contributed by atoms with Gasteiger partial charge in [0.05, 0.1) is 0 Å². The SMILES string of the molecule is CCCCCCCCCCCCCCCCCC(=O)O.FC(F)(F)C(F)(F)C(F)(F)C(F)(F)C(F)(F)C(F)(F)C(F)(F)C(F)(F)F. The van der Waals surface area contributed by atoms with Crippen molar-refractivity contribution in [3.63, 3.8) is 0 Å². The molecule has 278 valence electrons. The van der Waals surface area contributed by atoms with Crippen molar-refractivity contribution in [1.29, 1.82) is 0 Å². The van der Waals surface area contributed by atoms with E-state index in [1.807, 2.05) is 0 Å². The fraction of sp³-hybridized carbons (Fsp3) is 0.962. The van der Waals surface area contributed by atoms with Crippen LogP contribution in [0.25, 0.3) is 0 Å². The number of hydrogen-bond donors (Lipinski definition) is 1. The van der Waals surface area contributed by atoms with Crippen molar-refractivity contribution in [2.24, 2.45) is 0 Å². The van der Waals surface area contributed by atoms with Crippen molar-refractivity contribution in [3.8, 4) is 0 Å². The van der Waals surface area contributed by atoms with E-state index in [9.17, 15) is 83.8 Å². The third kappa shape index (κ3) is 11.7. The van der Waals surface area contributed by atoms with E-state index in [-0.39, 0.29) is 0 Å². The summed E-state index contributed by atoms with van der Waals surface area (Å²) in [7, 11) is 0. The smallest absolute Gasteiger partial charge is 0.460 e. The Bertz CT molecular complexity index is 818. The van der Waals surface area contributed by atoms with Gasteiger partial charge in [-0.05, 0) is 6.42 Å². The van der Waals surface area contributed by atoms with Crippen LogP contribution in [-0.4, -0.2) is 59.0 Å². The minimum atomic E-state index is -8.72. The van der Waals surface area contributed by atoms with Gasteiger partial charge < -0.3 is 5.11 Å². The molecular formula is C26H36F18O2. The largest absolute Gasteiger partial charge is 0.481 e. The standard InChI is InChI=1S/C18H36O2.C8F18/c1-2-3-4-5-6-7-8-9-10-11-12-13-14-15-16-17-18(19)20;9-1(10,3(13,14)5(17,18)7(21,22)23)2(11,12)4(15,16)6(19,20)8(24,25)26/h2-17H2,1H3,(H,19,20);. The zero-order valence-corrected chi connectivity index (χ0v) is 24.5. The minimum absolute atomic E-state index is 0.345. The number of halogens is 18. The van der Waals surface area contributed by atoms with Crippen LogP contribution in [0.5, 0.6) is 0 Å². The summed E-state index contributed by atoms with van der Waals surface area (Å²) in [6.45, 7) is 2.27. The highest BCUT2D eigenvalue weighted by Crippen LogP contribution is 2.64. The van der Waals surface area contributed by atoms with Crippen LogP contribution in [0.2, 0.25) is 0 Å². The highest BCUT2D eigenvalue weighted by Gasteiger charge is 2.95. The molecule has 0 aliphatic rings. The average Bonchev–Trinajstić information content (AvgIpc) is 2.89. The van der Waals surface area contributed by atoms with Crippen LogP contribution in [0.3, 0.4) is 0 Å². The van der Waals surface area contributed by atoms with Gasteiger partial charge in [-0.15, -0.1) is 0 Å². The Morgan fingerprint density at radius 3 is 0.761 bits per heavy atom. The Kier molecular flexibility index (Phi) is 18.2. The summed E-state index contributed by atoms with van der Waals surface area (Å²) in [6, 6.07) is 0. The monoisotopic (exact) mass is 722 g/mol. The Morgan fingerprint density at radius 2 is 0.565 bits per heavy atom. The summed E-state index contributed by atoms with van der Waals surface area (Å²) in [4.78, 5) is 10.3. The number of carboxylic acids is 1. The molecule has 0 aliphatic carbocycles. The number of carbonyl (C=O) groups is 1. The predicted octanol–water partition coefficient (Wildman–Crippen LogP) is 12.3. The Balaban J connectivity index is 0. The van der Waals surface area contributed by atoms with Gasteiger partial charge in [-0.2, -0.15) is 79.0 Å². The number of rotatable bonds is 21. The van der Waals surface area contributed by atoms with E-state index in [1.54, 1.807) is 0 Å². The lowest BCUT2D eigenvalue weighted by molar-refractivity contribution is -0.468. The molecule has 0 aromatic rings. The van der Waals surface area contributed by atoms with Crippen molar-refractivity contribution in [2.45, 2.75) is 158 Å². The molecule has 46 heavy (non-hydrogen) atoms. The molecule has 20 heteroatoms. The molecule has 0 aromatic heterocycles. The van der Waals surface area contributed by atoms with E-state index in [4.69, 9.17) is 5.11 Å². The van der Waals surface area contributed by atoms with Crippen molar-refractivity contribution >= 4 is 5.97 Å². The summed E-state index contributed by atoms with van der Waals surface area (Å²) in [5, 5.41) is 8.52. The van der Waals surface area contributed by atoms with Crippen LogP contribution in [0.15, 0.2) is 0 Å². The molecule has 0 radical (unpaired) electrons. The van der Waals surface area contributed by atoms with Gasteiger partial charge in [0.25, 0.3) is 0 Å². The third-order valence-electron chi connectivity index (χ3n) is 6.68. The molecule has 1 N–H and O–H groups in total. The van der Waals surface area contributed by atoms with E-state index >= 15 is 0 Å². The maximum absolute atomic E-state index is 12.8. The van der Waals surface area contributed by atoms with Crippen LogP contribution in [0.4, 0.5) is 79.0 Å². The number of unbranched alkanes of at least 4 members (excludes halogenated alkanes) is 14.